The van der Waals surface area contributed by atoms with E-state index in [2.05, 4.69) is 9.55 Å². The molecule has 0 fully saturated rings. The number of nitro groups is 1. The fraction of sp³-hybridized carbons (Fsp3) is 0.471. The Balaban J connectivity index is 1.87. The second kappa shape index (κ2) is 8.07. The van der Waals surface area contributed by atoms with E-state index in [1.165, 1.54) is 17.8 Å². The smallest absolute Gasteiger partial charge is 0.270 e. The van der Waals surface area contributed by atoms with Crippen molar-refractivity contribution in [3.8, 4) is 5.75 Å². The lowest BCUT2D eigenvalue weighted by Gasteiger charge is -2.20. The van der Waals surface area contributed by atoms with E-state index in [0.29, 0.717) is 36.8 Å². The Morgan fingerprint density at radius 1 is 1.42 bits per heavy atom. The third-order valence-electron chi connectivity index (χ3n) is 4.28. The Bertz CT molecular complexity index is 821. The molecule has 0 aliphatic carbocycles. The van der Waals surface area contributed by atoms with Gasteiger partial charge in [0, 0.05) is 48.4 Å². The lowest BCUT2D eigenvalue weighted by atomic mass is 10.1. The zero-order valence-electron chi connectivity index (χ0n) is 15.0. The van der Waals surface area contributed by atoms with Crippen molar-refractivity contribution in [2.75, 3.05) is 20.5 Å². The van der Waals surface area contributed by atoms with Crippen LogP contribution in [0.3, 0.4) is 0 Å². The van der Waals surface area contributed by atoms with Crippen LogP contribution in [0.4, 0.5) is 5.69 Å². The minimum Gasteiger partial charge on any atom is -0.467 e. The second-order valence-corrected chi connectivity index (χ2v) is 6.90. The molecule has 0 unspecified atom stereocenters. The molecule has 1 aromatic heterocycles. The summed E-state index contributed by atoms with van der Waals surface area (Å²) in [7, 11) is 1.67. The van der Waals surface area contributed by atoms with Crippen molar-refractivity contribution >= 4 is 17.4 Å². The van der Waals surface area contributed by atoms with Gasteiger partial charge in [0.15, 0.2) is 11.9 Å². The van der Waals surface area contributed by atoms with Crippen LogP contribution in [-0.4, -0.2) is 35.0 Å². The van der Waals surface area contributed by atoms with Crippen molar-refractivity contribution < 1.29 is 19.1 Å². The van der Waals surface area contributed by atoms with E-state index in [0.717, 1.165) is 22.1 Å². The topological polar surface area (TPSA) is 88.7 Å². The summed E-state index contributed by atoms with van der Waals surface area (Å²) in [5, 5.41) is 12.1. The summed E-state index contributed by atoms with van der Waals surface area (Å²) in [5.41, 5.74) is 3.59. The molecule has 9 heteroatoms. The molecule has 140 valence electrons. The normalized spacial score (nSPS) is 13.3. The number of methoxy groups -OCH3 is 1. The van der Waals surface area contributed by atoms with Gasteiger partial charge in [-0.25, -0.2) is 4.98 Å². The molecule has 2 heterocycles. The first kappa shape index (κ1) is 18.7. The second-order valence-electron chi connectivity index (χ2n) is 5.96. The molecule has 0 amide bonds. The van der Waals surface area contributed by atoms with Crippen LogP contribution in [0.25, 0.3) is 0 Å². The minimum atomic E-state index is -0.392. The van der Waals surface area contributed by atoms with Crippen molar-refractivity contribution in [1.29, 1.82) is 0 Å². The van der Waals surface area contributed by atoms with Crippen molar-refractivity contribution in [1.82, 2.24) is 9.55 Å². The highest BCUT2D eigenvalue weighted by atomic mass is 32.2. The molecular formula is C17H21N3O5S. The Morgan fingerprint density at radius 2 is 2.23 bits per heavy atom. The van der Waals surface area contributed by atoms with Gasteiger partial charge >= 0.3 is 0 Å². The van der Waals surface area contributed by atoms with Gasteiger partial charge in [0.1, 0.15) is 5.75 Å². The Kier molecular flexibility index (Phi) is 5.80. The highest BCUT2D eigenvalue weighted by molar-refractivity contribution is 7.98. The van der Waals surface area contributed by atoms with E-state index in [-0.39, 0.29) is 12.5 Å². The maximum atomic E-state index is 11.2. The summed E-state index contributed by atoms with van der Waals surface area (Å²) in [5.74, 6) is 1.20. The van der Waals surface area contributed by atoms with Gasteiger partial charge < -0.3 is 18.8 Å². The molecule has 0 N–H and O–H groups in total. The van der Waals surface area contributed by atoms with E-state index in [1.807, 2.05) is 13.8 Å². The summed E-state index contributed by atoms with van der Waals surface area (Å²) in [6.45, 7) is 5.77. The average Bonchev–Trinajstić information content (AvgIpc) is 2.91. The molecule has 26 heavy (non-hydrogen) atoms. The first-order chi connectivity index (χ1) is 12.5. The number of hydrogen-bond donors (Lipinski definition) is 0. The van der Waals surface area contributed by atoms with Crippen LogP contribution >= 0.6 is 11.8 Å². The van der Waals surface area contributed by atoms with Gasteiger partial charge in [-0.05, 0) is 13.8 Å². The van der Waals surface area contributed by atoms with Gasteiger partial charge in [-0.3, -0.25) is 10.1 Å². The summed E-state index contributed by atoms with van der Waals surface area (Å²) < 4.78 is 18.1. The molecule has 0 spiro atoms. The fourth-order valence-electron chi connectivity index (χ4n) is 2.82. The van der Waals surface area contributed by atoms with Crippen LogP contribution in [0.15, 0.2) is 17.3 Å². The predicted molar refractivity (Wildman–Crippen MR) is 96.5 cm³/mol. The molecule has 8 nitrogen and oxygen atoms in total. The SMILES string of the molecule is COCCn1c(SCc2cc([N+](=O)[O-])cc3c2OCOC3)nc(C)c1C. The number of fused-ring (bicyclic) bond motifs is 1. The van der Waals surface area contributed by atoms with Crippen LogP contribution in [0.1, 0.15) is 22.5 Å². The standard InChI is InChI=1S/C17H21N3O5S/c1-11-12(2)19(4-5-23-3)17(18-11)26-9-14-7-15(20(21)22)6-13-8-24-10-25-16(13)14/h6-7H,4-5,8-10H2,1-3H3. The zero-order valence-corrected chi connectivity index (χ0v) is 15.8. The first-order valence-electron chi connectivity index (χ1n) is 8.17. The van der Waals surface area contributed by atoms with E-state index in [1.54, 1.807) is 13.2 Å². The number of imidazole rings is 1. The number of hydrogen-bond acceptors (Lipinski definition) is 7. The molecule has 1 aliphatic rings. The fourth-order valence-corrected chi connectivity index (χ4v) is 3.90. The molecule has 0 radical (unpaired) electrons. The van der Waals surface area contributed by atoms with Crippen molar-refractivity contribution in [2.24, 2.45) is 0 Å². The lowest BCUT2D eigenvalue weighted by molar-refractivity contribution is -0.385. The molecular weight excluding hydrogens is 358 g/mol. The summed E-state index contributed by atoms with van der Waals surface area (Å²) >= 11 is 1.53. The van der Waals surface area contributed by atoms with Gasteiger partial charge in [-0.15, -0.1) is 0 Å². The molecule has 0 saturated carbocycles. The highest BCUT2D eigenvalue weighted by Gasteiger charge is 2.22. The maximum absolute atomic E-state index is 11.2. The third-order valence-corrected chi connectivity index (χ3v) is 5.31. The van der Waals surface area contributed by atoms with E-state index in [4.69, 9.17) is 14.2 Å². The number of thioether (sulfide) groups is 1. The number of nitro benzene ring substituents is 1. The number of benzene rings is 1. The number of non-ortho nitro benzene ring substituents is 1. The number of ether oxygens (including phenoxy) is 3. The summed E-state index contributed by atoms with van der Waals surface area (Å²) in [6.07, 6.45) is 0. The molecule has 3 rings (SSSR count). The molecule has 0 saturated heterocycles. The van der Waals surface area contributed by atoms with Crippen LogP contribution in [0.2, 0.25) is 0 Å². The van der Waals surface area contributed by atoms with Crippen LogP contribution < -0.4 is 4.74 Å². The monoisotopic (exact) mass is 379 g/mol. The van der Waals surface area contributed by atoms with Crippen molar-refractivity contribution in [3.63, 3.8) is 0 Å². The van der Waals surface area contributed by atoms with Gasteiger partial charge in [0.05, 0.1) is 23.8 Å². The van der Waals surface area contributed by atoms with E-state index < -0.39 is 4.92 Å². The Morgan fingerprint density at radius 3 is 2.96 bits per heavy atom. The Labute approximate surface area is 155 Å². The highest BCUT2D eigenvalue weighted by Crippen LogP contribution is 2.36. The molecule has 0 atom stereocenters. The molecule has 0 bridgehead atoms. The summed E-state index contributed by atoms with van der Waals surface area (Å²) in [4.78, 5) is 15.4. The Hall–Kier alpha value is -2.10. The lowest BCUT2D eigenvalue weighted by Crippen LogP contribution is -2.13. The van der Waals surface area contributed by atoms with Gasteiger partial charge in [0.25, 0.3) is 5.69 Å². The first-order valence-corrected chi connectivity index (χ1v) is 9.16. The number of aryl methyl sites for hydroxylation is 1. The van der Waals surface area contributed by atoms with Crippen molar-refractivity contribution in [2.45, 2.75) is 37.9 Å². The van der Waals surface area contributed by atoms with Crippen LogP contribution in [-0.2, 0) is 28.4 Å². The van der Waals surface area contributed by atoms with Crippen molar-refractivity contribution in [3.05, 3.63) is 44.8 Å². The molecule has 1 aliphatic heterocycles. The maximum Gasteiger partial charge on any atom is 0.270 e. The quantitative estimate of drug-likeness (QED) is 0.414. The third kappa shape index (κ3) is 3.84. The van der Waals surface area contributed by atoms with E-state index >= 15 is 0 Å². The minimum absolute atomic E-state index is 0.0449. The number of rotatable bonds is 7. The predicted octanol–water partition coefficient (Wildman–Crippen LogP) is 3.21. The van der Waals surface area contributed by atoms with Crippen LogP contribution in [0.5, 0.6) is 5.75 Å². The largest absolute Gasteiger partial charge is 0.467 e. The molecule has 1 aromatic carbocycles. The zero-order chi connectivity index (χ0) is 18.7. The molecule has 2 aromatic rings. The number of nitrogens with zero attached hydrogens (tertiary/aromatic N) is 3. The van der Waals surface area contributed by atoms with E-state index in [9.17, 15) is 10.1 Å². The van der Waals surface area contributed by atoms with Gasteiger partial charge in [-0.2, -0.15) is 0 Å². The van der Waals surface area contributed by atoms with Gasteiger partial charge in [-0.1, -0.05) is 11.8 Å². The van der Waals surface area contributed by atoms with Gasteiger partial charge in [0.2, 0.25) is 0 Å². The van der Waals surface area contributed by atoms with Crippen LogP contribution in [0, 0.1) is 24.0 Å². The average molecular weight is 379 g/mol. The summed E-state index contributed by atoms with van der Waals surface area (Å²) in [6, 6.07) is 3.08. The number of aromatic nitrogens is 2.